The molecule has 0 radical (unpaired) electrons. The fraction of sp³-hybridized carbons (Fsp3) is 0.429. The summed E-state index contributed by atoms with van der Waals surface area (Å²) in [5, 5.41) is 12.0. The summed E-state index contributed by atoms with van der Waals surface area (Å²) in [6.45, 7) is 5.54. The van der Waals surface area contributed by atoms with Gasteiger partial charge in [0.1, 0.15) is 6.04 Å². The molecule has 2 atom stereocenters. The minimum Gasteiger partial charge on any atom is -0.480 e. The van der Waals surface area contributed by atoms with Gasteiger partial charge in [-0.15, -0.1) is 0 Å². The lowest BCUT2D eigenvalue weighted by Gasteiger charge is -2.20. The van der Waals surface area contributed by atoms with E-state index in [1.165, 1.54) is 0 Å². The number of hydrogen-bond donors (Lipinski definition) is 2. The molecule has 0 saturated carbocycles. The van der Waals surface area contributed by atoms with Gasteiger partial charge in [-0.1, -0.05) is 37.9 Å². The lowest BCUT2D eigenvalue weighted by molar-refractivity contribution is -0.140. The maximum absolute atomic E-state index is 12.1. The Bertz CT molecular complexity index is 488. The van der Waals surface area contributed by atoms with Crippen LogP contribution >= 0.6 is 11.6 Å². The summed E-state index contributed by atoms with van der Waals surface area (Å²) >= 11 is 5.99. The van der Waals surface area contributed by atoms with Crippen molar-refractivity contribution in [2.75, 3.05) is 0 Å². The Balaban J connectivity index is 2.91. The van der Waals surface area contributed by atoms with Crippen molar-refractivity contribution in [1.29, 1.82) is 0 Å². The number of carbonyl (C=O) groups excluding carboxylic acids is 1. The highest BCUT2D eigenvalue weighted by atomic mass is 35.5. The van der Waals surface area contributed by atoms with Gasteiger partial charge in [0.2, 0.25) is 0 Å². The number of carboxylic acids is 1. The standard InChI is InChI=1S/C14H18ClNO3/c1-4-9(3)12(14(18)19)16-13(17)10-6-5-8(2)7-11(10)15/h5-7,9,12H,4H2,1-3H3,(H,16,17)(H,18,19). The number of hydrogen-bond acceptors (Lipinski definition) is 2. The molecule has 2 unspecified atom stereocenters. The first-order valence-corrected chi connectivity index (χ1v) is 6.54. The zero-order valence-corrected chi connectivity index (χ0v) is 12.0. The van der Waals surface area contributed by atoms with E-state index in [0.717, 1.165) is 5.56 Å². The lowest BCUT2D eigenvalue weighted by Crippen LogP contribution is -2.45. The first-order chi connectivity index (χ1) is 8.86. The first kappa shape index (κ1) is 15.5. The largest absolute Gasteiger partial charge is 0.480 e. The summed E-state index contributed by atoms with van der Waals surface area (Å²) in [6, 6.07) is 4.13. The quantitative estimate of drug-likeness (QED) is 0.873. The van der Waals surface area contributed by atoms with Crippen LogP contribution in [0.15, 0.2) is 18.2 Å². The van der Waals surface area contributed by atoms with Crippen LogP contribution < -0.4 is 5.32 Å². The maximum Gasteiger partial charge on any atom is 0.326 e. The summed E-state index contributed by atoms with van der Waals surface area (Å²) in [4.78, 5) is 23.2. The molecule has 1 rings (SSSR count). The van der Waals surface area contributed by atoms with Crippen LogP contribution in [0.5, 0.6) is 0 Å². The van der Waals surface area contributed by atoms with Gasteiger partial charge in [-0.2, -0.15) is 0 Å². The molecule has 0 aliphatic carbocycles. The monoisotopic (exact) mass is 283 g/mol. The Morgan fingerprint density at radius 2 is 2.05 bits per heavy atom. The summed E-state index contributed by atoms with van der Waals surface area (Å²) in [6.07, 6.45) is 0.666. The molecule has 0 aromatic heterocycles. The molecule has 0 spiro atoms. The summed E-state index contributed by atoms with van der Waals surface area (Å²) in [5.41, 5.74) is 1.24. The van der Waals surface area contributed by atoms with Crippen LogP contribution in [0, 0.1) is 12.8 Å². The highest BCUT2D eigenvalue weighted by molar-refractivity contribution is 6.33. The molecule has 104 valence electrons. The molecule has 5 heteroatoms. The third-order valence-electron chi connectivity index (χ3n) is 3.13. The van der Waals surface area contributed by atoms with E-state index in [0.29, 0.717) is 17.0 Å². The average Bonchev–Trinajstić information content (AvgIpc) is 2.34. The SMILES string of the molecule is CCC(C)C(NC(=O)c1ccc(C)cc1Cl)C(=O)O. The van der Waals surface area contributed by atoms with Crippen LogP contribution in [0.25, 0.3) is 0 Å². The molecule has 2 N–H and O–H groups in total. The minimum atomic E-state index is -1.04. The van der Waals surface area contributed by atoms with Crippen molar-refractivity contribution < 1.29 is 14.7 Å². The molecule has 19 heavy (non-hydrogen) atoms. The van der Waals surface area contributed by atoms with E-state index in [1.54, 1.807) is 25.1 Å². The van der Waals surface area contributed by atoms with Gasteiger partial charge in [0.15, 0.2) is 0 Å². The van der Waals surface area contributed by atoms with E-state index >= 15 is 0 Å². The summed E-state index contributed by atoms with van der Waals surface area (Å²) in [7, 11) is 0. The number of amides is 1. The highest BCUT2D eigenvalue weighted by Gasteiger charge is 2.26. The summed E-state index contributed by atoms with van der Waals surface area (Å²) < 4.78 is 0. The van der Waals surface area contributed by atoms with Crippen LogP contribution in [0.3, 0.4) is 0 Å². The molecule has 0 aliphatic heterocycles. The molecule has 1 aromatic rings. The van der Waals surface area contributed by atoms with Gasteiger partial charge < -0.3 is 10.4 Å². The summed E-state index contributed by atoms with van der Waals surface area (Å²) in [5.74, 6) is -1.64. The van der Waals surface area contributed by atoms with E-state index in [4.69, 9.17) is 16.7 Å². The fourth-order valence-electron chi connectivity index (χ4n) is 1.71. The number of carbonyl (C=O) groups is 2. The van der Waals surface area contributed by atoms with Crippen LogP contribution in [-0.2, 0) is 4.79 Å². The van der Waals surface area contributed by atoms with Gasteiger partial charge >= 0.3 is 5.97 Å². The Morgan fingerprint density at radius 3 is 2.53 bits per heavy atom. The normalized spacial score (nSPS) is 13.7. The van der Waals surface area contributed by atoms with E-state index in [2.05, 4.69) is 5.32 Å². The van der Waals surface area contributed by atoms with Crippen molar-refractivity contribution in [3.63, 3.8) is 0 Å². The zero-order chi connectivity index (χ0) is 14.6. The number of rotatable bonds is 5. The van der Waals surface area contributed by atoms with Crippen molar-refractivity contribution in [2.24, 2.45) is 5.92 Å². The van der Waals surface area contributed by atoms with Crippen molar-refractivity contribution in [2.45, 2.75) is 33.2 Å². The smallest absolute Gasteiger partial charge is 0.326 e. The molecule has 1 amide bonds. The molecule has 0 bridgehead atoms. The second kappa shape index (κ2) is 6.57. The first-order valence-electron chi connectivity index (χ1n) is 6.16. The topological polar surface area (TPSA) is 66.4 Å². The number of nitrogens with one attached hydrogen (secondary N) is 1. The van der Waals surface area contributed by atoms with Gasteiger partial charge in [-0.3, -0.25) is 4.79 Å². The average molecular weight is 284 g/mol. The fourth-order valence-corrected chi connectivity index (χ4v) is 2.03. The van der Waals surface area contributed by atoms with Gasteiger partial charge in [0.25, 0.3) is 5.91 Å². The van der Waals surface area contributed by atoms with Crippen LogP contribution in [-0.4, -0.2) is 23.0 Å². The second-order valence-electron chi connectivity index (χ2n) is 4.66. The van der Waals surface area contributed by atoms with E-state index < -0.39 is 17.9 Å². The van der Waals surface area contributed by atoms with Gasteiger partial charge in [0.05, 0.1) is 10.6 Å². The Kier molecular flexibility index (Phi) is 5.36. The second-order valence-corrected chi connectivity index (χ2v) is 5.07. The van der Waals surface area contributed by atoms with E-state index in [9.17, 15) is 9.59 Å². The Morgan fingerprint density at radius 1 is 1.42 bits per heavy atom. The van der Waals surface area contributed by atoms with Crippen LogP contribution in [0.2, 0.25) is 5.02 Å². The Labute approximate surface area is 117 Å². The van der Waals surface area contributed by atoms with Gasteiger partial charge in [-0.05, 0) is 30.5 Å². The molecular weight excluding hydrogens is 266 g/mol. The van der Waals surface area contributed by atoms with Crippen molar-refractivity contribution in [3.8, 4) is 0 Å². The minimum absolute atomic E-state index is 0.148. The number of halogens is 1. The third kappa shape index (κ3) is 3.96. The van der Waals surface area contributed by atoms with Crippen LogP contribution in [0.4, 0.5) is 0 Å². The molecule has 1 aromatic carbocycles. The molecule has 0 heterocycles. The van der Waals surface area contributed by atoms with Gasteiger partial charge in [0, 0.05) is 0 Å². The number of benzene rings is 1. The number of aryl methyl sites for hydroxylation is 1. The molecular formula is C14H18ClNO3. The van der Waals surface area contributed by atoms with Crippen LogP contribution in [0.1, 0.15) is 36.2 Å². The predicted molar refractivity (Wildman–Crippen MR) is 74.5 cm³/mol. The third-order valence-corrected chi connectivity index (χ3v) is 3.45. The van der Waals surface area contributed by atoms with E-state index in [1.807, 2.05) is 13.8 Å². The predicted octanol–water partition coefficient (Wildman–Crippen LogP) is 2.88. The number of aliphatic carboxylic acids is 1. The lowest BCUT2D eigenvalue weighted by atomic mass is 9.99. The maximum atomic E-state index is 12.1. The molecule has 0 fully saturated rings. The molecule has 0 saturated heterocycles. The highest BCUT2D eigenvalue weighted by Crippen LogP contribution is 2.18. The Hall–Kier alpha value is -1.55. The van der Waals surface area contributed by atoms with Crippen molar-refractivity contribution in [3.05, 3.63) is 34.3 Å². The van der Waals surface area contributed by atoms with Crippen molar-refractivity contribution >= 4 is 23.5 Å². The molecule has 0 aliphatic rings. The molecule has 4 nitrogen and oxygen atoms in total. The number of carboxylic acid groups (broad SMARTS) is 1. The van der Waals surface area contributed by atoms with Crippen molar-refractivity contribution in [1.82, 2.24) is 5.32 Å². The zero-order valence-electron chi connectivity index (χ0n) is 11.2. The van der Waals surface area contributed by atoms with Gasteiger partial charge in [-0.25, -0.2) is 4.79 Å². The van der Waals surface area contributed by atoms with E-state index in [-0.39, 0.29) is 5.92 Å².